The van der Waals surface area contributed by atoms with Crippen LogP contribution >= 0.6 is 0 Å². The maximum absolute atomic E-state index is 13.0. The molecule has 0 aliphatic carbocycles. The molecule has 1 heterocycles. The Hall–Kier alpha value is -1.68. The van der Waals surface area contributed by atoms with E-state index in [9.17, 15) is 4.39 Å². The Morgan fingerprint density at radius 2 is 1.75 bits per heavy atom. The minimum Gasteiger partial charge on any atom is -0.303 e. The second-order valence-electron chi connectivity index (χ2n) is 5.61. The molecule has 2 unspecified atom stereocenters. The molecule has 0 spiro atoms. The molecular weight excluding hydrogens is 253 g/mol. The molecule has 2 aromatic rings. The fourth-order valence-electron chi connectivity index (χ4n) is 2.37. The molecule has 0 aliphatic heterocycles. The van der Waals surface area contributed by atoms with E-state index in [1.165, 1.54) is 12.1 Å². The van der Waals surface area contributed by atoms with Gasteiger partial charge in [0.15, 0.2) is 0 Å². The fraction of sp³-hybridized carbons (Fsp3) is 0.438. The van der Waals surface area contributed by atoms with Gasteiger partial charge in [0.2, 0.25) is 0 Å². The maximum atomic E-state index is 13.0. The van der Waals surface area contributed by atoms with Gasteiger partial charge in [-0.05, 0) is 30.5 Å². The van der Waals surface area contributed by atoms with E-state index in [1.54, 1.807) is 4.68 Å². The topological polar surface area (TPSA) is 29.9 Å². The monoisotopic (exact) mass is 275 g/mol. The number of hydrogen-bond acceptors (Lipinski definition) is 2. The number of rotatable bonds is 5. The van der Waals surface area contributed by atoms with Crippen LogP contribution in [-0.2, 0) is 7.05 Å². The van der Waals surface area contributed by atoms with Gasteiger partial charge in [-0.2, -0.15) is 5.10 Å². The number of hydrogen-bond donors (Lipinski definition) is 1. The Morgan fingerprint density at radius 3 is 2.25 bits per heavy atom. The summed E-state index contributed by atoms with van der Waals surface area (Å²) < 4.78 is 14.9. The van der Waals surface area contributed by atoms with Crippen molar-refractivity contribution in [3.63, 3.8) is 0 Å². The van der Waals surface area contributed by atoms with E-state index in [1.807, 2.05) is 31.6 Å². The highest BCUT2D eigenvalue weighted by Crippen LogP contribution is 2.25. The summed E-state index contributed by atoms with van der Waals surface area (Å²) in [6.45, 7) is 6.45. The predicted molar refractivity (Wildman–Crippen MR) is 78.7 cm³/mol. The highest BCUT2D eigenvalue weighted by atomic mass is 19.1. The zero-order valence-corrected chi connectivity index (χ0v) is 12.5. The summed E-state index contributed by atoms with van der Waals surface area (Å²) in [7, 11) is 1.91. The minimum absolute atomic E-state index is 0.186. The zero-order chi connectivity index (χ0) is 14.7. The van der Waals surface area contributed by atoms with Gasteiger partial charge in [0.05, 0.1) is 6.20 Å². The van der Waals surface area contributed by atoms with Gasteiger partial charge in [-0.25, -0.2) is 4.39 Å². The van der Waals surface area contributed by atoms with E-state index in [0.29, 0.717) is 5.92 Å². The van der Waals surface area contributed by atoms with Gasteiger partial charge in [0.1, 0.15) is 5.82 Å². The van der Waals surface area contributed by atoms with Crippen molar-refractivity contribution in [3.05, 3.63) is 53.6 Å². The first kappa shape index (κ1) is 14.7. The second kappa shape index (κ2) is 6.18. The number of nitrogens with zero attached hydrogens (tertiary/aromatic N) is 2. The summed E-state index contributed by atoms with van der Waals surface area (Å²) in [6.07, 6.45) is 3.89. The van der Waals surface area contributed by atoms with Gasteiger partial charge < -0.3 is 5.32 Å². The second-order valence-corrected chi connectivity index (χ2v) is 5.61. The largest absolute Gasteiger partial charge is 0.303 e. The van der Waals surface area contributed by atoms with Crippen molar-refractivity contribution in [3.8, 4) is 0 Å². The molecule has 1 aromatic heterocycles. The van der Waals surface area contributed by atoms with Crippen LogP contribution in [0.4, 0.5) is 4.39 Å². The van der Waals surface area contributed by atoms with Gasteiger partial charge in [-0.15, -0.1) is 0 Å². The molecule has 0 amide bonds. The average Bonchev–Trinajstić information content (AvgIpc) is 2.83. The lowest BCUT2D eigenvalue weighted by atomic mass is 9.94. The van der Waals surface area contributed by atoms with Crippen molar-refractivity contribution < 1.29 is 4.39 Å². The SMILES string of the molecule is CC(NC(c1ccc(F)cc1)C(C)C)c1cnn(C)c1. The molecule has 2 atom stereocenters. The van der Waals surface area contributed by atoms with Crippen LogP contribution in [0.3, 0.4) is 0 Å². The zero-order valence-electron chi connectivity index (χ0n) is 12.5. The van der Waals surface area contributed by atoms with Crippen molar-refractivity contribution in [1.82, 2.24) is 15.1 Å². The standard InChI is InChI=1S/C16H22FN3/c1-11(2)16(13-5-7-15(17)8-6-13)19-12(3)14-9-18-20(4)10-14/h5-12,16,19H,1-4H3. The smallest absolute Gasteiger partial charge is 0.123 e. The van der Waals surface area contributed by atoms with Crippen LogP contribution < -0.4 is 5.32 Å². The Bertz CT molecular complexity index is 545. The Morgan fingerprint density at radius 1 is 1.10 bits per heavy atom. The first-order valence-electron chi connectivity index (χ1n) is 6.97. The van der Waals surface area contributed by atoms with Crippen LogP contribution in [0, 0.1) is 11.7 Å². The van der Waals surface area contributed by atoms with Crippen LogP contribution in [0.25, 0.3) is 0 Å². The molecule has 0 saturated carbocycles. The molecule has 0 fully saturated rings. The summed E-state index contributed by atoms with van der Waals surface area (Å²) in [4.78, 5) is 0. The molecule has 0 saturated heterocycles. The summed E-state index contributed by atoms with van der Waals surface area (Å²) in [5.41, 5.74) is 2.26. The lowest BCUT2D eigenvalue weighted by Gasteiger charge is -2.26. The maximum Gasteiger partial charge on any atom is 0.123 e. The third-order valence-electron chi connectivity index (χ3n) is 3.55. The van der Waals surface area contributed by atoms with Gasteiger partial charge in [0, 0.05) is 30.9 Å². The molecule has 1 aromatic carbocycles. The van der Waals surface area contributed by atoms with E-state index in [0.717, 1.165) is 11.1 Å². The molecule has 3 nitrogen and oxygen atoms in total. The van der Waals surface area contributed by atoms with Crippen molar-refractivity contribution in [2.45, 2.75) is 32.9 Å². The van der Waals surface area contributed by atoms with Crippen LogP contribution in [0.1, 0.15) is 44.0 Å². The quantitative estimate of drug-likeness (QED) is 0.903. The third kappa shape index (κ3) is 3.45. The molecule has 0 radical (unpaired) electrons. The van der Waals surface area contributed by atoms with Crippen molar-refractivity contribution in [1.29, 1.82) is 0 Å². The summed E-state index contributed by atoms with van der Waals surface area (Å²) in [6, 6.07) is 7.11. The normalized spacial score (nSPS) is 14.5. The molecular formula is C16H22FN3. The first-order chi connectivity index (χ1) is 9.47. The molecule has 2 rings (SSSR count). The molecule has 4 heteroatoms. The van der Waals surface area contributed by atoms with Crippen LogP contribution in [0.2, 0.25) is 0 Å². The van der Waals surface area contributed by atoms with E-state index < -0.39 is 0 Å². The van der Waals surface area contributed by atoms with Gasteiger partial charge in [-0.3, -0.25) is 4.68 Å². The number of halogens is 1. The predicted octanol–water partition coefficient (Wildman–Crippen LogP) is 3.61. The highest BCUT2D eigenvalue weighted by molar-refractivity contribution is 5.21. The van der Waals surface area contributed by atoms with E-state index in [2.05, 4.69) is 31.2 Å². The molecule has 0 bridgehead atoms. The van der Waals surface area contributed by atoms with Crippen LogP contribution in [0.15, 0.2) is 36.7 Å². The number of benzene rings is 1. The van der Waals surface area contributed by atoms with Crippen molar-refractivity contribution in [2.75, 3.05) is 0 Å². The third-order valence-corrected chi connectivity index (χ3v) is 3.55. The molecule has 108 valence electrons. The lowest BCUT2D eigenvalue weighted by molar-refractivity contribution is 0.374. The number of nitrogens with one attached hydrogen (secondary N) is 1. The minimum atomic E-state index is -0.198. The summed E-state index contributed by atoms with van der Waals surface area (Å²) in [5, 5.41) is 7.81. The van der Waals surface area contributed by atoms with E-state index in [4.69, 9.17) is 0 Å². The lowest BCUT2D eigenvalue weighted by Crippen LogP contribution is -2.28. The first-order valence-corrected chi connectivity index (χ1v) is 6.97. The van der Waals surface area contributed by atoms with Crippen LogP contribution in [0.5, 0.6) is 0 Å². The Labute approximate surface area is 119 Å². The molecule has 0 aliphatic rings. The summed E-state index contributed by atoms with van der Waals surface area (Å²) >= 11 is 0. The Balaban J connectivity index is 2.15. The number of aryl methyl sites for hydroxylation is 1. The van der Waals surface area contributed by atoms with Gasteiger partial charge >= 0.3 is 0 Å². The van der Waals surface area contributed by atoms with E-state index >= 15 is 0 Å². The van der Waals surface area contributed by atoms with Gasteiger partial charge in [-0.1, -0.05) is 26.0 Å². The summed E-state index contributed by atoms with van der Waals surface area (Å²) in [5.74, 6) is 0.219. The molecule has 1 N–H and O–H groups in total. The fourth-order valence-corrected chi connectivity index (χ4v) is 2.37. The van der Waals surface area contributed by atoms with Crippen LogP contribution in [-0.4, -0.2) is 9.78 Å². The Kier molecular flexibility index (Phi) is 4.55. The van der Waals surface area contributed by atoms with E-state index in [-0.39, 0.29) is 17.9 Å². The number of aromatic nitrogens is 2. The van der Waals surface area contributed by atoms with Crippen molar-refractivity contribution >= 4 is 0 Å². The van der Waals surface area contributed by atoms with Crippen molar-refractivity contribution in [2.24, 2.45) is 13.0 Å². The molecule has 20 heavy (non-hydrogen) atoms. The van der Waals surface area contributed by atoms with Gasteiger partial charge in [0.25, 0.3) is 0 Å². The average molecular weight is 275 g/mol. The highest BCUT2D eigenvalue weighted by Gasteiger charge is 2.19.